The first-order valence-electron chi connectivity index (χ1n) is 6.36. The van der Waals surface area contributed by atoms with E-state index >= 15 is 0 Å². The third kappa shape index (κ3) is 2.66. The number of nitrogens with two attached hydrogens (primary N) is 1. The average Bonchev–Trinajstić information content (AvgIpc) is 2.13. The van der Waals surface area contributed by atoms with E-state index in [0.29, 0.717) is 11.3 Å². The highest BCUT2D eigenvalue weighted by Crippen LogP contribution is 2.48. The highest BCUT2D eigenvalue weighted by Gasteiger charge is 2.42. The van der Waals surface area contributed by atoms with Gasteiger partial charge in [0, 0.05) is 10.6 Å². The Bertz CT molecular complexity index is 413. The summed E-state index contributed by atoms with van der Waals surface area (Å²) in [7, 11) is 0. The van der Waals surface area contributed by atoms with E-state index in [0.717, 1.165) is 23.4 Å². The number of hydrogen-bond acceptors (Lipinski definition) is 1. The quantitative estimate of drug-likeness (QED) is 0.790. The second-order valence-corrected chi connectivity index (χ2v) is 6.90. The van der Waals surface area contributed by atoms with Crippen LogP contribution in [-0.2, 0) is 5.54 Å². The third-order valence-corrected chi connectivity index (χ3v) is 4.15. The first kappa shape index (κ1) is 12.9. The topological polar surface area (TPSA) is 26.0 Å². The molecule has 1 aromatic carbocycles. The molecule has 0 bridgehead atoms. The van der Waals surface area contributed by atoms with Crippen LogP contribution in [0, 0.1) is 11.3 Å². The first-order chi connectivity index (χ1) is 7.82. The van der Waals surface area contributed by atoms with Gasteiger partial charge in [-0.15, -0.1) is 0 Å². The third-order valence-electron chi connectivity index (χ3n) is 3.82. The van der Waals surface area contributed by atoms with Crippen molar-refractivity contribution < 1.29 is 0 Å². The van der Waals surface area contributed by atoms with E-state index in [1.807, 2.05) is 18.2 Å². The Labute approximate surface area is 109 Å². The summed E-state index contributed by atoms with van der Waals surface area (Å²) >= 11 is 6.31. The van der Waals surface area contributed by atoms with E-state index in [4.69, 9.17) is 17.3 Å². The molecule has 1 saturated carbocycles. The molecule has 2 heteroatoms. The minimum absolute atomic E-state index is 0.264. The van der Waals surface area contributed by atoms with Crippen LogP contribution in [0.2, 0.25) is 5.02 Å². The van der Waals surface area contributed by atoms with Gasteiger partial charge in [0.15, 0.2) is 0 Å². The molecule has 0 saturated heterocycles. The lowest BCUT2D eigenvalue weighted by Gasteiger charge is -2.46. The molecule has 0 spiro atoms. The fourth-order valence-electron chi connectivity index (χ4n) is 3.71. The summed E-state index contributed by atoms with van der Waals surface area (Å²) in [4.78, 5) is 0. The number of benzene rings is 1. The SMILES string of the molecule is CC1CC(C)(C)CC(N)(c2ccccc2Cl)C1. The molecule has 0 aromatic heterocycles. The molecular formula is C15H22ClN. The van der Waals surface area contributed by atoms with Crippen LogP contribution in [-0.4, -0.2) is 0 Å². The largest absolute Gasteiger partial charge is 0.321 e. The van der Waals surface area contributed by atoms with Gasteiger partial charge in [0.1, 0.15) is 0 Å². The molecule has 0 aliphatic heterocycles. The van der Waals surface area contributed by atoms with Crippen LogP contribution in [0.25, 0.3) is 0 Å². The van der Waals surface area contributed by atoms with Crippen molar-refractivity contribution in [1.82, 2.24) is 0 Å². The summed E-state index contributed by atoms with van der Waals surface area (Å²) in [5.41, 5.74) is 7.81. The van der Waals surface area contributed by atoms with Crippen molar-refractivity contribution in [3.63, 3.8) is 0 Å². The Morgan fingerprint density at radius 2 is 1.88 bits per heavy atom. The highest BCUT2D eigenvalue weighted by atomic mass is 35.5. The lowest BCUT2D eigenvalue weighted by Crippen LogP contribution is -2.46. The van der Waals surface area contributed by atoms with Crippen LogP contribution in [0.3, 0.4) is 0 Å². The molecule has 1 aliphatic carbocycles. The molecule has 1 aromatic rings. The summed E-state index contributed by atoms with van der Waals surface area (Å²) in [6, 6.07) is 8.02. The summed E-state index contributed by atoms with van der Waals surface area (Å²) < 4.78 is 0. The molecular weight excluding hydrogens is 230 g/mol. The summed E-state index contributed by atoms with van der Waals surface area (Å²) in [6.07, 6.45) is 3.28. The predicted molar refractivity (Wildman–Crippen MR) is 74.1 cm³/mol. The van der Waals surface area contributed by atoms with Crippen LogP contribution in [0.4, 0.5) is 0 Å². The summed E-state index contributed by atoms with van der Waals surface area (Å²) in [5.74, 6) is 0.653. The van der Waals surface area contributed by atoms with Gasteiger partial charge in [-0.1, -0.05) is 50.6 Å². The van der Waals surface area contributed by atoms with Gasteiger partial charge < -0.3 is 5.73 Å². The van der Waals surface area contributed by atoms with Gasteiger partial charge >= 0.3 is 0 Å². The Hall–Kier alpha value is -0.530. The van der Waals surface area contributed by atoms with Gasteiger partial charge in [-0.25, -0.2) is 0 Å². The Balaban J connectivity index is 2.39. The summed E-state index contributed by atoms with van der Waals surface area (Å²) in [5, 5.41) is 0.805. The minimum atomic E-state index is -0.264. The van der Waals surface area contributed by atoms with Gasteiger partial charge in [0.05, 0.1) is 0 Å². The van der Waals surface area contributed by atoms with E-state index in [9.17, 15) is 0 Å². The molecule has 17 heavy (non-hydrogen) atoms. The van der Waals surface area contributed by atoms with Crippen molar-refractivity contribution in [3.05, 3.63) is 34.9 Å². The Morgan fingerprint density at radius 1 is 1.24 bits per heavy atom. The normalized spacial score (nSPS) is 32.4. The fourth-order valence-corrected chi connectivity index (χ4v) is 4.03. The lowest BCUT2D eigenvalue weighted by atomic mass is 9.62. The van der Waals surface area contributed by atoms with Crippen molar-refractivity contribution in [3.8, 4) is 0 Å². The lowest BCUT2D eigenvalue weighted by molar-refractivity contribution is 0.107. The molecule has 1 aliphatic rings. The highest BCUT2D eigenvalue weighted by molar-refractivity contribution is 6.31. The maximum atomic E-state index is 6.66. The molecule has 1 fully saturated rings. The van der Waals surface area contributed by atoms with E-state index < -0.39 is 0 Å². The van der Waals surface area contributed by atoms with Gasteiger partial charge in [-0.3, -0.25) is 0 Å². The van der Waals surface area contributed by atoms with Crippen molar-refractivity contribution >= 4 is 11.6 Å². The predicted octanol–water partition coefficient (Wildman–Crippen LogP) is 4.34. The monoisotopic (exact) mass is 251 g/mol. The van der Waals surface area contributed by atoms with E-state index in [1.165, 1.54) is 6.42 Å². The molecule has 2 N–H and O–H groups in total. The summed E-state index contributed by atoms with van der Waals surface area (Å²) in [6.45, 7) is 6.90. The fraction of sp³-hybridized carbons (Fsp3) is 0.600. The van der Waals surface area contributed by atoms with Crippen LogP contribution in [0.5, 0.6) is 0 Å². The van der Waals surface area contributed by atoms with Crippen molar-refractivity contribution in [2.24, 2.45) is 17.1 Å². The zero-order valence-electron chi connectivity index (χ0n) is 11.0. The van der Waals surface area contributed by atoms with Crippen molar-refractivity contribution in [2.75, 3.05) is 0 Å². The van der Waals surface area contributed by atoms with Gasteiger partial charge in [-0.05, 0) is 42.2 Å². The molecule has 0 amide bonds. The second kappa shape index (κ2) is 4.29. The maximum absolute atomic E-state index is 6.66. The van der Waals surface area contributed by atoms with Crippen LogP contribution >= 0.6 is 11.6 Å². The molecule has 94 valence electrons. The van der Waals surface area contributed by atoms with Crippen LogP contribution < -0.4 is 5.73 Å². The van der Waals surface area contributed by atoms with Gasteiger partial charge in [-0.2, -0.15) is 0 Å². The molecule has 2 unspecified atom stereocenters. The zero-order chi connectivity index (χ0) is 12.7. The second-order valence-electron chi connectivity index (χ2n) is 6.49. The first-order valence-corrected chi connectivity index (χ1v) is 6.74. The number of halogens is 1. The van der Waals surface area contributed by atoms with E-state index in [2.05, 4.69) is 26.8 Å². The van der Waals surface area contributed by atoms with E-state index in [-0.39, 0.29) is 5.54 Å². The smallest absolute Gasteiger partial charge is 0.0456 e. The number of rotatable bonds is 1. The standard InChI is InChI=1S/C15H22ClN/c1-11-8-14(2,3)10-15(17,9-11)12-6-4-5-7-13(12)16/h4-7,11H,8-10,17H2,1-3H3. The van der Waals surface area contributed by atoms with Crippen molar-refractivity contribution in [1.29, 1.82) is 0 Å². The molecule has 2 rings (SSSR count). The van der Waals surface area contributed by atoms with E-state index in [1.54, 1.807) is 0 Å². The van der Waals surface area contributed by atoms with Crippen LogP contribution in [0.1, 0.15) is 45.6 Å². The van der Waals surface area contributed by atoms with Crippen molar-refractivity contribution in [2.45, 2.75) is 45.6 Å². The molecule has 1 nitrogen and oxygen atoms in total. The Morgan fingerprint density at radius 3 is 2.47 bits per heavy atom. The Kier molecular flexibility index (Phi) is 3.26. The van der Waals surface area contributed by atoms with Crippen LogP contribution in [0.15, 0.2) is 24.3 Å². The molecule has 0 radical (unpaired) electrons. The average molecular weight is 252 g/mol. The number of hydrogen-bond donors (Lipinski definition) is 1. The maximum Gasteiger partial charge on any atom is 0.0456 e. The van der Waals surface area contributed by atoms with Gasteiger partial charge in [0.25, 0.3) is 0 Å². The minimum Gasteiger partial charge on any atom is -0.321 e. The molecule has 2 atom stereocenters. The molecule has 0 heterocycles. The van der Waals surface area contributed by atoms with Gasteiger partial charge in [0.2, 0.25) is 0 Å². The zero-order valence-corrected chi connectivity index (χ0v) is 11.7.